The zero-order valence-electron chi connectivity index (χ0n) is 16.5. The van der Waals surface area contributed by atoms with E-state index in [9.17, 15) is 9.59 Å². The minimum Gasteiger partial charge on any atom is -0.340 e. The summed E-state index contributed by atoms with van der Waals surface area (Å²) in [5.41, 5.74) is 1.07. The Labute approximate surface area is 175 Å². The van der Waals surface area contributed by atoms with Crippen molar-refractivity contribution in [2.45, 2.75) is 19.4 Å². The first kappa shape index (κ1) is 19.8. The van der Waals surface area contributed by atoms with Crippen molar-refractivity contribution in [3.8, 4) is 0 Å². The van der Waals surface area contributed by atoms with E-state index < -0.39 is 0 Å². The van der Waals surface area contributed by atoms with Gasteiger partial charge in [0.15, 0.2) is 0 Å². The average molecular weight is 414 g/mol. The van der Waals surface area contributed by atoms with E-state index in [-0.39, 0.29) is 17.9 Å². The van der Waals surface area contributed by atoms with Gasteiger partial charge in [0.05, 0.1) is 10.7 Å². The highest BCUT2D eigenvalue weighted by Gasteiger charge is 2.31. The summed E-state index contributed by atoms with van der Waals surface area (Å²) in [7, 11) is 0. The predicted octanol–water partition coefficient (Wildman–Crippen LogP) is 2.73. The summed E-state index contributed by atoms with van der Waals surface area (Å²) in [4.78, 5) is 35.8. The summed E-state index contributed by atoms with van der Waals surface area (Å²) in [6.07, 6.45) is 3.30. The lowest BCUT2D eigenvalue weighted by Gasteiger charge is -2.38. The SMILES string of the molecule is O=C(Nc1cccs1)N1CCC(C(=O)N2CCN(Cc3ccccn3)CC2)CC1. The van der Waals surface area contributed by atoms with Crippen LogP contribution in [0.25, 0.3) is 0 Å². The van der Waals surface area contributed by atoms with E-state index in [1.165, 1.54) is 11.3 Å². The van der Waals surface area contributed by atoms with Crippen LogP contribution in [-0.4, -0.2) is 70.9 Å². The Kier molecular flexibility index (Phi) is 6.41. The number of likely N-dealkylation sites (tertiary alicyclic amines) is 1. The number of aromatic nitrogens is 1. The van der Waals surface area contributed by atoms with E-state index in [1.54, 1.807) is 0 Å². The van der Waals surface area contributed by atoms with E-state index in [4.69, 9.17) is 0 Å². The molecule has 2 aromatic heterocycles. The molecule has 1 N–H and O–H groups in total. The number of piperazine rings is 1. The van der Waals surface area contributed by atoms with Crippen molar-refractivity contribution in [2.24, 2.45) is 5.92 Å². The zero-order chi connectivity index (χ0) is 20.1. The smallest absolute Gasteiger partial charge is 0.322 e. The van der Waals surface area contributed by atoms with Gasteiger partial charge >= 0.3 is 6.03 Å². The molecule has 0 unspecified atom stereocenters. The maximum absolute atomic E-state index is 12.9. The fourth-order valence-electron chi connectivity index (χ4n) is 3.97. The van der Waals surface area contributed by atoms with Gasteiger partial charge in [-0.2, -0.15) is 0 Å². The molecule has 4 heterocycles. The second kappa shape index (κ2) is 9.37. The molecule has 29 heavy (non-hydrogen) atoms. The van der Waals surface area contributed by atoms with Crippen LogP contribution in [0, 0.1) is 5.92 Å². The number of anilines is 1. The molecule has 3 amide bonds. The first-order valence-corrected chi connectivity index (χ1v) is 11.1. The fourth-order valence-corrected chi connectivity index (χ4v) is 4.58. The van der Waals surface area contributed by atoms with E-state index in [1.807, 2.05) is 51.7 Å². The van der Waals surface area contributed by atoms with Gasteiger partial charge in [-0.3, -0.25) is 20.0 Å². The van der Waals surface area contributed by atoms with Gasteiger partial charge < -0.3 is 9.80 Å². The number of hydrogen-bond donors (Lipinski definition) is 1. The molecule has 0 bridgehead atoms. The lowest BCUT2D eigenvalue weighted by atomic mass is 9.95. The molecule has 8 heteroatoms. The quantitative estimate of drug-likeness (QED) is 0.837. The molecule has 154 valence electrons. The minimum atomic E-state index is -0.0681. The highest BCUT2D eigenvalue weighted by Crippen LogP contribution is 2.22. The summed E-state index contributed by atoms with van der Waals surface area (Å²) in [5.74, 6) is 0.281. The van der Waals surface area contributed by atoms with Crippen molar-refractivity contribution in [1.82, 2.24) is 19.7 Å². The highest BCUT2D eigenvalue weighted by atomic mass is 32.1. The normalized spacial score (nSPS) is 18.6. The standard InChI is InChI=1S/C21H27N5O2S/c27-20(25-13-11-24(12-14-25)16-18-4-1-2-8-22-18)17-6-9-26(10-7-17)21(28)23-19-5-3-15-29-19/h1-5,8,15,17H,6-7,9-14,16H2,(H,23,28). The maximum atomic E-state index is 12.9. The van der Waals surface area contributed by atoms with Gasteiger partial charge in [0.1, 0.15) is 0 Å². The first-order valence-electron chi connectivity index (χ1n) is 10.2. The van der Waals surface area contributed by atoms with E-state index in [0.29, 0.717) is 13.1 Å². The number of carbonyl (C=O) groups excluding carboxylic acids is 2. The molecule has 0 aromatic carbocycles. The summed E-state index contributed by atoms with van der Waals surface area (Å²) >= 11 is 1.51. The van der Waals surface area contributed by atoms with Gasteiger partial charge in [-0.15, -0.1) is 11.3 Å². The molecule has 0 aliphatic carbocycles. The van der Waals surface area contributed by atoms with E-state index in [0.717, 1.165) is 56.3 Å². The first-order chi connectivity index (χ1) is 14.2. The number of pyridine rings is 1. The third-order valence-electron chi connectivity index (χ3n) is 5.68. The number of urea groups is 1. The number of thiophene rings is 1. The Morgan fingerprint density at radius 1 is 1.00 bits per heavy atom. The molecule has 2 fully saturated rings. The average Bonchev–Trinajstić information content (AvgIpc) is 3.28. The van der Waals surface area contributed by atoms with Crippen LogP contribution in [0.15, 0.2) is 41.9 Å². The van der Waals surface area contributed by atoms with Gasteiger partial charge in [0, 0.05) is 57.9 Å². The number of amides is 3. The van der Waals surface area contributed by atoms with Crippen molar-refractivity contribution in [2.75, 3.05) is 44.6 Å². The van der Waals surface area contributed by atoms with Gasteiger partial charge in [0.25, 0.3) is 0 Å². The zero-order valence-corrected chi connectivity index (χ0v) is 17.3. The number of hydrogen-bond acceptors (Lipinski definition) is 5. The molecule has 7 nitrogen and oxygen atoms in total. The van der Waals surface area contributed by atoms with Crippen LogP contribution in [0.5, 0.6) is 0 Å². The summed E-state index contributed by atoms with van der Waals surface area (Å²) in [6, 6.07) is 9.72. The topological polar surface area (TPSA) is 68.8 Å². The lowest BCUT2D eigenvalue weighted by Crippen LogP contribution is -2.51. The second-order valence-corrected chi connectivity index (χ2v) is 8.54. The summed E-state index contributed by atoms with van der Waals surface area (Å²) in [6.45, 7) is 5.39. The third-order valence-corrected chi connectivity index (χ3v) is 6.46. The predicted molar refractivity (Wildman–Crippen MR) is 114 cm³/mol. The van der Waals surface area contributed by atoms with Gasteiger partial charge in [0.2, 0.25) is 5.91 Å². The fraction of sp³-hybridized carbons (Fsp3) is 0.476. The van der Waals surface area contributed by atoms with Crippen LogP contribution in [-0.2, 0) is 11.3 Å². The molecule has 2 aliphatic heterocycles. The van der Waals surface area contributed by atoms with Crippen molar-refractivity contribution >= 4 is 28.3 Å². The highest BCUT2D eigenvalue weighted by molar-refractivity contribution is 7.14. The largest absolute Gasteiger partial charge is 0.340 e. The molecule has 0 spiro atoms. The number of nitrogens with zero attached hydrogens (tertiary/aromatic N) is 4. The Morgan fingerprint density at radius 3 is 2.45 bits per heavy atom. The molecule has 4 rings (SSSR count). The van der Waals surface area contributed by atoms with Crippen LogP contribution >= 0.6 is 11.3 Å². The minimum absolute atomic E-state index is 0.0307. The molecule has 2 saturated heterocycles. The summed E-state index contributed by atoms with van der Waals surface area (Å²) < 4.78 is 0. The molecule has 0 radical (unpaired) electrons. The number of carbonyl (C=O) groups is 2. The van der Waals surface area contributed by atoms with E-state index >= 15 is 0 Å². The Bertz CT molecular complexity index is 798. The van der Waals surface area contributed by atoms with Crippen LogP contribution in [0.1, 0.15) is 18.5 Å². The van der Waals surface area contributed by atoms with Crippen LogP contribution in [0.4, 0.5) is 9.80 Å². The lowest BCUT2D eigenvalue weighted by molar-refractivity contribution is -0.138. The van der Waals surface area contributed by atoms with Gasteiger partial charge in [-0.05, 0) is 42.5 Å². The van der Waals surface area contributed by atoms with Crippen molar-refractivity contribution in [1.29, 1.82) is 0 Å². The van der Waals surface area contributed by atoms with Crippen molar-refractivity contribution < 1.29 is 9.59 Å². The van der Waals surface area contributed by atoms with E-state index in [2.05, 4.69) is 15.2 Å². The van der Waals surface area contributed by atoms with Crippen molar-refractivity contribution in [3.05, 3.63) is 47.6 Å². The third kappa shape index (κ3) is 5.13. The monoisotopic (exact) mass is 413 g/mol. The maximum Gasteiger partial charge on any atom is 0.322 e. The van der Waals surface area contributed by atoms with Gasteiger partial charge in [-0.25, -0.2) is 4.79 Å². The van der Waals surface area contributed by atoms with Crippen LogP contribution in [0.2, 0.25) is 0 Å². The number of rotatable bonds is 4. The molecule has 0 saturated carbocycles. The van der Waals surface area contributed by atoms with Crippen LogP contribution in [0.3, 0.4) is 0 Å². The Balaban J connectivity index is 1.20. The molecule has 0 atom stereocenters. The van der Waals surface area contributed by atoms with Crippen LogP contribution < -0.4 is 5.32 Å². The van der Waals surface area contributed by atoms with Gasteiger partial charge in [-0.1, -0.05) is 6.07 Å². The molecular formula is C21H27N5O2S. The molecule has 2 aliphatic rings. The van der Waals surface area contributed by atoms with Crippen molar-refractivity contribution in [3.63, 3.8) is 0 Å². The second-order valence-electron chi connectivity index (χ2n) is 7.59. The Hall–Kier alpha value is -2.45. The number of piperidine rings is 1. The Morgan fingerprint density at radius 2 is 1.79 bits per heavy atom. The summed E-state index contributed by atoms with van der Waals surface area (Å²) in [5, 5.41) is 5.72. The molecule has 2 aromatic rings. The molecular weight excluding hydrogens is 386 g/mol. The number of nitrogens with one attached hydrogen (secondary N) is 1.